The zero-order valence-electron chi connectivity index (χ0n) is 17.5. The summed E-state index contributed by atoms with van der Waals surface area (Å²) in [6.45, 7) is 3.75. The van der Waals surface area contributed by atoms with Crippen LogP contribution in [0.25, 0.3) is 21.9 Å². The molecule has 32 heavy (non-hydrogen) atoms. The minimum Gasteiger partial charge on any atom is -0.206 e. The van der Waals surface area contributed by atoms with E-state index in [-0.39, 0.29) is 24.2 Å². The van der Waals surface area contributed by atoms with E-state index in [1.807, 2.05) is 24.3 Å². The highest BCUT2D eigenvalue weighted by atomic mass is 19.2. The molecule has 4 heteroatoms. The molecular formula is C28H22F4. The molecule has 0 spiro atoms. The van der Waals surface area contributed by atoms with Crippen molar-refractivity contribution in [2.75, 3.05) is 0 Å². The second-order valence-electron chi connectivity index (χ2n) is 7.87. The molecule has 0 aliphatic carbocycles. The van der Waals surface area contributed by atoms with Gasteiger partial charge in [-0.25, -0.2) is 17.6 Å². The Hall–Kier alpha value is -3.40. The van der Waals surface area contributed by atoms with Crippen LogP contribution in [-0.4, -0.2) is 0 Å². The van der Waals surface area contributed by atoms with Crippen molar-refractivity contribution in [1.29, 1.82) is 0 Å². The lowest BCUT2D eigenvalue weighted by Gasteiger charge is -2.10. The van der Waals surface area contributed by atoms with E-state index in [1.54, 1.807) is 12.1 Å². The third-order valence-corrected chi connectivity index (χ3v) is 5.69. The van der Waals surface area contributed by atoms with Crippen molar-refractivity contribution >= 4 is 10.8 Å². The highest BCUT2D eigenvalue weighted by Gasteiger charge is 2.13. The van der Waals surface area contributed by atoms with Crippen molar-refractivity contribution < 1.29 is 17.6 Å². The number of allylic oxidation sites excluding steroid dienone is 1. The number of halogens is 4. The van der Waals surface area contributed by atoms with Crippen molar-refractivity contribution in [3.05, 3.63) is 119 Å². The fourth-order valence-corrected chi connectivity index (χ4v) is 3.87. The van der Waals surface area contributed by atoms with Gasteiger partial charge in [-0.2, -0.15) is 0 Å². The Kier molecular flexibility index (Phi) is 6.40. The Morgan fingerprint density at radius 3 is 2.00 bits per heavy atom. The lowest BCUT2D eigenvalue weighted by atomic mass is 9.96. The maximum atomic E-state index is 15.1. The largest absolute Gasteiger partial charge is 0.206 e. The molecule has 0 nitrogen and oxygen atoms in total. The zero-order chi connectivity index (χ0) is 22.7. The first-order chi connectivity index (χ1) is 15.5. The molecule has 0 heterocycles. The van der Waals surface area contributed by atoms with E-state index < -0.39 is 17.5 Å². The average Bonchev–Trinajstić information content (AvgIpc) is 2.81. The Balaban J connectivity index is 1.55. The van der Waals surface area contributed by atoms with E-state index in [0.717, 1.165) is 41.5 Å². The van der Waals surface area contributed by atoms with Crippen LogP contribution in [0.3, 0.4) is 0 Å². The van der Waals surface area contributed by atoms with Gasteiger partial charge in [-0.1, -0.05) is 54.6 Å². The molecule has 0 bridgehead atoms. The minimum absolute atomic E-state index is 0.201. The maximum absolute atomic E-state index is 15.1. The number of benzene rings is 4. The first kappa shape index (κ1) is 21.8. The number of hydrogen-bond donors (Lipinski definition) is 0. The SMILES string of the molecule is C=CCCc1ccc(-c2ccc3c(F)c(CCc4cc(F)c(F)c(F)c4)ccc3c2)cc1. The molecule has 0 radical (unpaired) electrons. The van der Waals surface area contributed by atoms with Gasteiger partial charge in [0.05, 0.1) is 0 Å². The molecule has 162 valence electrons. The first-order valence-electron chi connectivity index (χ1n) is 10.5. The molecule has 4 aromatic carbocycles. The van der Waals surface area contributed by atoms with E-state index >= 15 is 4.39 Å². The summed E-state index contributed by atoms with van der Waals surface area (Å²) in [6.07, 6.45) is 4.23. The predicted octanol–water partition coefficient (Wildman–Crippen LogP) is 7.97. The fraction of sp³-hybridized carbons (Fsp3) is 0.143. The lowest BCUT2D eigenvalue weighted by Crippen LogP contribution is -1.99. The van der Waals surface area contributed by atoms with Gasteiger partial charge in [-0.3, -0.25) is 0 Å². The zero-order valence-corrected chi connectivity index (χ0v) is 17.5. The summed E-state index contributed by atoms with van der Waals surface area (Å²) in [4.78, 5) is 0. The number of rotatable bonds is 7. The quantitative estimate of drug-likeness (QED) is 0.157. The summed E-state index contributed by atoms with van der Waals surface area (Å²) < 4.78 is 55.0. The van der Waals surface area contributed by atoms with Crippen LogP contribution in [0.15, 0.2) is 79.4 Å². The third kappa shape index (κ3) is 4.59. The number of hydrogen-bond acceptors (Lipinski definition) is 0. The van der Waals surface area contributed by atoms with E-state index in [4.69, 9.17) is 0 Å². The molecule has 0 atom stereocenters. The molecule has 0 amide bonds. The molecule has 0 unspecified atom stereocenters. The molecule has 4 rings (SSSR count). The monoisotopic (exact) mass is 434 g/mol. The third-order valence-electron chi connectivity index (χ3n) is 5.69. The molecule has 0 saturated heterocycles. The van der Waals surface area contributed by atoms with Crippen LogP contribution in [0.4, 0.5) is 17.6 Å². The lowest BCUT2D eigenvalue weighted by molar-refractivity contribution is 0.445. The Labute approximate surface area is 184 Å². The maximum Gasteiger partial charge on any atom is 0.194 e. The van der Waals surface area contributed by atoms with Gasteiger partial charge in [-0.15, -0.1) is 6.58 Å². The minimum atomic E-state index is -1.49. The van der Waals surface area contributed by atoms with Gasteiger partial charge >= 0.3 is 0 Å². The number of fused-ring (bicyclic) bond motifs is 1. The van der Waals surface area contributed by atoms with Gasteiger partial charge in [0, 0.05) is 5.39 Å². The van der Waals surface area contributed by atoms with Crippen molar-refractivity contribution in [3.8, 4) is 11.1 Å². The van der Waals surface area contributed by atoms with Crippen LogP contribution in [0.1, 0.15) is 23.1 Å². The van der Waals surface area contributed by atoms with Gasteiger partial charge in [0.15, 0.2) is 17.5 Å². The van der Waals surface area contributed by atoms with Crippen LogP contribution in [-0.2, 0) is 19.3 Å². The van der Waals surface area contributed by atoms with E-state index in [9.17, 15) is 13.2 Å². The van der Waals surface area contributed by atoms with Crippen molar-refractivity contribution in [2.24, 2.45) is 0 Å². The highest BCUT2D eigenvalue weighted by molar-refractivity contribution is 5.88. The van der Waals surface area contributed by atoms with Gasteiger partial charge in [0.25, 0.3) is 0 Å². The Bertz CT molecular complexity index is 1250. The van der Waals surface area contributed by atoms with Crippen LogP contribution in [0, 0.1) is 23.3 Å². The topological polar surface area (TPSA) is 0 Å². The molecule has 0 aromatic heterocycles. The van der Waals surface area contributed by atoms with Crippen LogP contribution >= 0.6 is 0 Å². The van der Waals surface area contributed by atoms with Gasteiger partial charge in [0.1, 0.15) is 5.82 Å². The molecule has 0 N–H and O–H groups in total. The summed E-state index contributed by atoms with van der Waals surface area (Å²) in [5.74, 6) is -4.31. The second kappa shape index (κ2) is 9.39. The second-order valence-corrected chi connectivity index (χ2v) is 7.87. The molecule has 0 fully saturated rings. The van der Waals surface area contributed by atoms with Crippen molar-refractivity contribution in [1.82, 2.24) is 0 Å². The summed E-state index contributed by atoms with van der Waals surface area (Å²) >= 11 is 0. The molecule has 0 saturated carbocycles. The normalized spacial score (nSPS) is 11.1. The van der Waals surface area contributed by atoms with Gasteiger partial charge < -0.3 is 0 Å². The first-order valence-corrected chi connectivity index (χ1v) is 10.5. The van der Waals surface area contributed by atoms with Crippen molar-refractivity contribution in [3.63, 3.8) is 0 Å². The van der Waals surface area contributed by atoms with E-state index in [1.165, 1.54) is 5.56 Å². The van der Waals surface area contributed by atoms with E-state index in [2.05, 4.69) is 30.8 Å². The van der Waals surface area contributed by atoms with Crippen LogP contribution in [0.5, 0.6) is 0 Å². The fourth-order valence-electron chi connectivity index (χ4n) is 3.87. The summed E-state index contributed by atoms with van der Waals surface area (Å²) in [7, 11) is 0. The molecule has 4 aromatic rings. The van der Waals surface area contributed by atoms with Gasteiger partial charge in [0.2, 0.25) is 0 Å². The Morgan fingerprint density at radius 2 is 1.31 bits per heavy atom. The molecule has 0 aliphatic rings. The average molecular weight is 434 g/mol. The summed E-state index contributed by atoms with van der Waals surface area (Å²) in [5.41, 5.74) is 4.03. The standard InChI is InChI=1S/C28H22F4/c1-2-3-4-18-5-8-20(9-6-18)22-13-14-24-23(17-22)12-11-21(27(24)31)10-7-19-15-25(29)28(32)26(30)16-19/h2,5-6,8-9,11-17H,1,3-4,7,10H2. The smallest absolute Gasteiger partial charge is 0.194 e. The molecular weight excluding hydrogens is 412 g/mol. The van der Waals surface area contributed by atoms with Gasteiger partial charge in [-0.05, 0) is 77.1 Å². The van der Waals surface area contributed by atoms with Crippen LogP contribution < -0.4 is 0 Å². The van der Waals surface area contributed by atoms with E-state index in [0.29, 0.717) is 10.9 Å². The van der Waals surface area contributed by atoms with Crippen LogP contribution in [0.2, 0.25) is 0 Å². The highest BCUT2D eigenvalue weighted by Crippen LogP contribution is 2.28. The molecule has 0 aliphatic heterocycles. The van der Waals surface area contributed by atoms with Crippen molar-refractivity contribution in [2.45, 2.75) is 25.7 Å². The Morgan fingerprint density at radius 1 is 0.625 bits per heavy atom. The number of aryl methyl sites for hydroxylation is 3. The predicted molar refractivity (Wildman–Crippen MR) is 122 cm³/mol. The summed E-state index contributed by atoms with van der Waals surface area (Å²) in [6, 6.07) is 19.3. The summed E-state index contributed by atoms with van der Waals surface area (Å²) in [5, 5.41) is 1.27.